The minimum atomic E-state index is -4.32. The molecule has 0 saturated carbocycles. The number of benzene rings is 1. The molecule has 0 fully saturated rings. The van der Waals surface area contributed by atoms with E-state index in [1.807, 2.05) is 0 Å². The van der Waals surface area contributed by atoms with Crippen LogP contribution in [0, 0.1) is 19.7 Å². The molecule has 96 valence electrons. The van der Waals surface area contributed by atoms with Gasteiger partial charge in [0.25, 0.3) is 0 Å². The van der Waals surface area contributed by atoms with Gasteiger partial charge in [0.05, 0.1) is 6.42 Å². The van der Waals surface area contributed by atoms with Crippen molar-refractivity contribution in [2.45, 2.75) is 32.5 Å². The summed E-state index contributed by atoms with van der Waals surface area (Å²) in [4.78, 5) is 0. The summed E-state index contributed by atoms with van der Waals surface area (Å²) in [7, 11) is 1.40. The fraction of sp³-hybridized carbons (Fsp3) is 0.500. The molecule has 0 aliphatic rings. The molecule has 0 amide bonds. The van der Waals surface area contributed by atoms with Crippen molar-refractivity contribution in [3.05, 3.63) is 34.6 Å². The lowest BCUT2D eigenvalue weighted by Gasteiger charge is -2.21. The van der Waals surface area contributed by atoms with Crippen molar-refractivity contribution >= 4 is 0 Å². The standard InChI is InChI=1S/C12H15F4N/c1-7-4-8(2)11(9(13)5-7)10(17-3)6-12(14,15)16/h4-5,10,17H,6H2,1-3H3. The molecule has 5 heteroatoms. The van der Waals surface area contributed by atoms with Crippen LogP contribution in [0.25, 0.3) is 0 Å². The second-order valence-corrected chi connectivity index (χ2v) is 4.14. The number of rotatable bonds is 3. The molecule has 1 atom stereocenters. The third-order valence-corrected chi connectivity index (χ3v) is 2.61. The van der Waals surface area contributed by atoms with Crippen molar-refractivity contribution < 1.29 is 17.6 Å². The maximum Gasteiger partial charge on any atom is 0.390 e. The predicted octanol–water partition coefficient (Wildman–Crippen LogP) is 3.66. The van der Waals surface area contributed by atoms with Crippen LogP contribution in [-0.2, 0) is 0 Å². The third-order valence-electron chi connectivity index (χ3n) is 2.61. The molecule has 0 aromatic heterocycles. The summed E-state index contributed by atoms with van der Waals surface area (Å²) in [5.74, 6) is -0.592. The van der Waals surface area contributed by atoms with E-state index in [0.717, 1.165) is 0 Å². The topological polar surface area (TPSA) is 12.0 Å². The van der Waals surface area contributed by atoms with Crippen LogP contribution in [0.4, 0.5) is 17.6 Å². The highest BCUT2D eigenvalue weighted by molar-refractivity contribution is 5.34. The van der Waals surface area contributed by atoms with E-state index in [1.54, 1.807) is 19.9 Å². The van der Waals surface area contributed by atoms with Gasteiger partial charge in [0, 0.05) is 11.6 Å². The van der Waals surface area contributed by atoms with Crippen LogP contribution in [0.3, 0.4) is 0 Å². The van der Waals surface area contributed by atoms with Gasteiger partial charge in [0.2, 0.25) is 0 Å². The maximum absolute atomic E-state index is 13.7. The highest BCUT2D eigenvalue weighted by atomic mass is 19.4. The van der Waals surface area contributed by atoms with Gasteiger partial charge in [-0.25, -0.2) is 4.39 Å². The average molecular weight is 249 g/mol. The molecule has 0 radical (unpaired) electrons. The van der Waals surface area contributed by atoms with Crippen molar-refractivity contribution in [1.29, 1.82) is 0 Å². The first-order chi connectivity index (χ1) is 7.74. The summed E-state index contributed by atoms with van der Waals surface area (Å²) in [6, 6.07) is 1.89. The van der Waals surface area contributed by atoms with Gasteiger partial charge in [-0.2, -0.15) is 13.2 Å². The Bertz CT molecular complexity index is 375. The summed E-state index contributed by atoms with van der Waals surface area (Å²) in [6.07, 6.45) is -5.40. The van der Waals surface area contributed by atoms with Crippen LogP contribution in [-0.4, -0.2) is 13.2 Å². The van der Waals surface area contributed by atoms with Gasteiger partial charge < -0.3 is 5.32 Å². The van der Waals surface area contributed by atoms with E-state index in [-0.39, 0.29) is 5.56 Å². The predicted molar refractivity (Wildman–Crippen MR) is 58.3 cm³/mol. The Labute approximate surface area is 97.8 Å². The van der Waals surface area contributed by atoms with Gasteiger partial charge in [0.15, 0.2) is 0 Å². The number of hydrogen-bond donors (Lipinski definition) is 1. The van der Waals surface area contributed by atoms with E-state index in [4.69, 9.17) is 0 Å². The second-order valence-electron chi connectivity index (χ2n) is 4.14. The summed E-state index contributed by atoms with van der Waals surface area (Å²) in [5, 5.41) is 2.52. The molecule has 1 nitrogen and oxygen atoms in total. The number of hydrogen-bond acceptors (Lipinski definition) is 1. The highest BCUT2D eigenvalue weighted by Gasteiger charge is 2.33. The Morgan fingerprint density at radius 1 is 1.24 bits per heavy atom. The smallest absolute Gasteiger partial charge is 0.313 e. The van der Waals surface area contributed by atoms with E-state index >= 15 is 0 Å². The summed E-state index contributed by atoms with van der Waals surface area (Å²) >= 11 is 0. The van der Waals surface area contributed by atoms with Gasteiger partial charge in [-0.3, -0.25) is 0 Å². The van der Waals surface area contributed by atoms with E-state index in [2.05, 4.69) is 5.32 Å². The second kappa shape index (κ2) is 5.04. The van der Waals surface area contributed by atoms with Crippen LogP contribution in [0.2, 0.25) is 0 Å². The zero-order valence-electron chi connectivity index (χ0n) is 9.95. The minimum Gasteiger partial charge on any atom is -0.313 e. The zero-order valence-corrected chi connectivity index (χ0v) is 9.95. The fourth-order valence-corrected chi connectivity index (χ4v) is 1.95. The van der Waals surface area contributed by atoms with Crippen molar-refractivity contribution in [2.24, 2.45) is 0 Å². The SMILES string of the molecule is CNC(CC(F)(F)F)c1c(C)cc(C)cc1F. The van der Waals surface area contributed by atoms with E-state index < -0.39 is 24.5 Å². The third kappa shape index (κ3) is 3.70. The Kier molecular flexibility index (Phi) is 4.14. The molecular formula is C12H15F4N. The molecule has 0 spiro atoms. The van der Waals surface area contributed by atoms with Gasteiger partial charge in [0.1, 0.15) is 5.82 Å². The highest BCUT2D eigenvalue weighted by Crippen LogP contribution is 2.32. The van der Waals surface area contributed by atoms with Gasteiger partial charge in [-0.15, -0.1) is 0 Å². The summed E-state index contributed by atoms with van der Waals surface area (Å²) in [5.41, 5.74) is 1.33. The van der Waals surface area contributed by atoms with E-state index in [0.29, 0.717) is 11.1 Å². The van der Waals surface area contributed by atoms with Crippen LogP contribution in [0.15, 0.2) is 12.1 Å². The van der Waals surface area contributed by atoms with Crippen LogP contribution >= 0.6 is 0 Å². The monoisotopic (exact) mass is 249 g/mol. The number of nitrogens with one attached hydrogen (secondary N) is 1. The molecule has 1 aromatic rings. The van der Waals surface area contributed by atoms with Crippen LogP contribution < -0.4 is 5.32 Å². The molecule has 0 bridgehead atoms. The first-order valence-corrected chi connectivity index (χ1v) is 5.25. The molecule has 1 rings (SSSR count). The Morgan fingerprint density at radius 2 is 1.82 bits per heavy atom. The lowest BCUT2D eigenvalue weighted by molar-refractivity contribution is -0.140. The Morgan fingerprint density at radius 3 is 2.24 bits per heavy atom. The average Bonchev–Trinajstić information content (AvgIpc) is 2.12. The Balaban J connectivity index is 3.12. The zero-order chi connectivity index (χ0) is 13.2. The van der Waals surface area contributed by atoms with Gasteiger partial charge in [-0.1, -0.05) is 6.07 Å². The Hall–Kier alpha value is -1.10. The first-order valence-electron chi connectivity index (χ1n) is 5.25. The van der Waals surface area contributed by atoms with Crippen molar-refractivity contribution in [3.8, 4) is 0 Å². The molecule has 17 heavy (non-hydrogen) atoms. The maximum atomic E-state index is 13.7. The molecule has 0 aliphatic carbocycles. The number of aryl methyl sites for hydroxylation is 2. The molecule has 1 N–H and O–H groups in total. The molecule has 0 saturated heterocycles. The molecular weight excluding hydrogens is 234 g/mol. The fourth-order valence-electron chi connectivity index (χ4n) is 1.95. The quantitative estimate of drug-likeness (QED) is 0.806. The number of alkyl halides is 3. The van der Waals surface area contributed by atoms with E-state index in [1.165, 1.54) is 13.1 Å². The largest absolute Gasteiger partial charge is 0.390 e. The molecule has 1 unspecified atom stereocenters. The van der Waals surface area contributed by atoms with Crippen LogP contribution in [0.1, 0.15) is 29.2 Å². The molecule has 0 aliphatic heterocycles. The minimum absolute atomic E-state index is 0.0930. The lowest BCUT2D eigenvalue weighted by Crippen LogP contribution is -2.25. The number of halogens is 4. The van der Waals surface area contributed by atoms with Crippen molar-refractivity contribution in [1.82, 2.24) is 5.32 Å². The van der Waals surface area contributed by atoms with Crippen molar-refractivity contribution in [3.63, 3.8) is 0 Å². The molecule has 0 heterocycles. The van der Waals surface area contributed by atoms with Gasteiger partial charge >= 0.3 is 6.18 Å². The van der Waals surface area contributed by atoms with Crippen LogP contribution in [0.5, 0.6) is 0 Å². The molecule has 1 aromatic carbocycles. The normalized spacial score (nSPS) is 13.8. The lowest BCUT2D eigenvalue weighted by atomic mass is 9.96. The van der Waals surface area contributed by atoms with Gasteiger partial charge in [-0.05, 0) is 38.1 Å². The summed E-state index contributed by atoms with van der Waals surface area (Å²) < 4.78 is 50.8. The van der Waals surface area contributed by atoms with E-state index in [9.17, 15) is 17.6 Å². The first kappa shape index (κ1) is 14.0. The summed E-state index contributed by atoms with van der Waals surface area (Å²) in [6.45, 7) is 3.32. The van der Waals surface area contributed by atoms with Crippen molar-refractivity contribution in [2.75, 3.05) is 7.05 Å².